The molecule has 28 heavy (non-hydrogen) atoms. The summed E-state index contributed by atoms with van der Waals surface area (Å²) in [7, 11) is 0. The van der Waals surface area contributed by atoms with E-state index in [-0.39, 0.29) is 24.9 Å². The van der Waals surface area contributed by atoms with Crippen LogP contribution < -0.4 is 5.32 Å². The number of aromatic nitrogens is 1. The summed E-state index contributed by atoms with van der Waals surface area (Å²) in [5, 5.41) is 5.34. The minimum atomic E-state index is -0.371. The average Bonchev–Trinajstić information content (AvgIpc) is 3.09. The van der Waals surface area contributed by atoms with Gasteiger partial charge in [-0.15, -0.1) is 11.3 Å². The number of nitrogens with zero attached hydrogens (tertiary/aromatic N) is 1. The van der Waals surface area contributed by atoms with Gasteiger partial charge < -0.3 is 10.1 Å². The summed E-state index contributed by atoms with van der Waals surface area (Å²) in [6, 6.07) is 13.2. The number of nitrogens with one attached hydrogen (secondary N) is 1. The molecule has 3 rings (SSSR count). The van der Waals surface area contributed by atoms with E-state index in [9.17, 15) is 9.59 Å². The number of thiazole rings is 1. The Balaban J connectivity index is 1.53. The molecule has 144 valence electrons. The van der Waals surface area contributed by atoms with E-state index < -0.39 is 0 Å². The van der Waals surface area contributed by atoms with Crippen LogP contribution in [-0.2, 0) is 22.6 Å². The van der Waals surface area contributed by atoms with E-state index in [1.807, 2.05) is 62.5 Å². The van der Waals surface area contributed by atoms with Crippen molar-refractivity contribution in [2.45, 2.75) is 33.8 Å². The highest BCUT2D eigenvalue weighted by Crippen LogP contribution is 2.16. The summed E-state index contributed by atoms with van der Waals surface area (Å²) in [6.07, 6.45) is 0.184. The monoisotopic (exact) mass is 394 g/mol. The summed E-state index contributed by atoms with van der Waals surface area (Å²) < 4.78 is 5.36. The maximum atomic E-state index is 12.3. The first-order valence-electron chi connectivity index (χ1n) is 8.95. The van der Waals surface area contributed by atoms with Gasteiger partial charge in [0.1, 0.15) is 11.6 Å². The second-order valence-electron chi connectivity index (χ2n) is 6.72. The maximum Gasteiger partial charge on any atom is 0.338 e. The van der Waals surface area contributed by atoms with Gasteiger partial charge in [-0.1, -0.05) is 35.4 Å². The number of benzene rings is 2. The number of hydrogen-bond donors (Lipinski definition) is 1. The zero-order valence-electron chi connectivity index (χ0n) is 16.1. The Labute approximate surface area is 168 Å². The van der Waals surface area contributed by atoms with Crippen LogP contribution in [0.15, 0.2) is 47.8 Å². The average molecular weight is 394 g/mol. The number of anilines is 1. The Morgan fingerprint density at radius 3 is 2.46 bits per heavy atom. The predicted molar refractivity (Wildman–Crippen MR) is 111 cm³/mol. The maximum absolute atomic E-state index is 12.3. The molecule has 5 nitrogen and oxygen atoms in total. The molecule has 1 N–H and O–H groups in total. The smallest absolute Gasteiger partial charge is 0.338 e. The van der Waals surface area contributed by atoms with Gasteiger partial charge in [-0.2, -0.15) is 0 Å². The largest absolute Gasteiger partial charge is 0.456 e. The van der Waals surface area contributed by atoms with Crippen LogP contribution >= 0.6 is 11.3 Å². The van der Waals surface area contributed by atoms with Crippen LogP contribution in [0.1, 0.15) is 37.7 Å². The van der Waals surface area contributed by atoms with Crippen LogP contribution in [0.2, 0.25) is 0 Å². The molecule has 1 aromatic heterocycles. The van der Waals surface area contributed by atoms with Crippen LogP contribution in [0.4, 0.5) is 5.69 Å². The van der Waals surface area contributed by atoms with Crippen molar-refractivity contribution in [3.8, 4) is 0 Å². The normalized spacial score (nSPS) is 10.5. The fourth-order valence-electron chi connectivity index (χ4n) is 2.74. The molecule has 1 heterocycles. The molecular weight excluding hydrogens is 372 g/mol. The van der Waals surface area contributed by atoms with Crippen LogP contribution in [0, 0.1) is 20.8 Å². The third-order valence-electron chi connectivity index (χ3n) is 4.20. The molecule has 0 aliphatic rings. The molecule has 0 atom stereocenters. The first-order valence-corrected chi connectivity index (χ1v) is 9.83. The molecule has 0 fully saturated rings. The molecule has 1 amide bonds. The number of ether oxygens (including phenoxy) is 1. The van der Waals surface area contributed by atoms with Crippen LogP contribution in [0.5, 0.6) is 0 Å². The highest BCUT2D eigenvalue weighted by atomic mass is 32.1. The van der Waals surface area contributed by atoms with Gasteiger partial charge in [-0.25, -0.2) is 9.78 Å². The zero-order chi connectivity index (χ0) is 20.1. The van der Waals surface area contributed by atoms with Crippen LogP contribution in [-0.4, -0.2) is 16.9 Å². The van der Waals surface area contributed by atoms with E-state index in [0.29, 0.717) is 16.3 Å². The Morgan fingerprint density at radius 2 is 1.75 bits per heavy atom. The molecular formula is C22H22N2O3S. The first kappa shape index (κ1) is 19.8. The van der Waals surface area contributed by atoms with Gasteiger partial charge in [0, 0.05) is 11.1 Å². The van der Waals surface area contributed by atoms with Gasteiger partial charge in [-0.3, -0.25) is 4.79 Å². The minimum Gasteiger partial charge on any atom is -0.456 e. The van der Waals surface area contributed by atoms with Crippen molar-refractivity contribution in [3.63, 3.8) is 0 Å². The fourth-order valence-corrected chi connectivity index (χ4v) is 3.51. The molecule has 0 radical (unpaired) electrons. The Hall–Kier alpha value is -2.99. The molecule has 0 unspecified atom stereocenters. The lowest BCUT2D eigenvalue weighted by Crippen LogP contribution is -2.14. The Morgan fingerprint density at radius 1 is 1.04 bits per heavy atom. The van der Waals surface area contributed by atoms with Gasteiger partial charge >= 0.3 is 5.97 Å². The quantitative estimate of drug-likeness (QED) is 0.620. The second-order valence-corrected chi connectivity index (χ2v) is 7.66. The lowest BCUT2D eigenvalue weighted by molar-refractivity contribution is -0.115. The fraction of sp³-hybridized carbons (Fsp3) is 0.227. The molecule has 0 spiro atoms. The van der Waals surface area contributed by atoms with Crippen LogP contribution in [0.25, 0.3) is 0 Å². The lowest BCUT2D eigenvalue weighted by atomic mass is 10.1. The molecule has 2 aromatic carbocycles. The summed E-state index contributed by atoms with van der Waals surface area (Å²) in [6.45, 7) is 5.95. The van der Waals surface area contributed by atoms with Crippen molar-refractivity contribution in [2.75, 3.05) is 5.32 Å². The molecule has 0 saturated heterocycles. The number of rotatable bonds is 6. The van der Waals surface area contributed by atoms with Crippen molar-refractivity contribution in [2.24, 2.45) is 0 Å². The van der Waals surface area contributed by atoms with Gasteiger partial charge in [0.2, 0.25) is 5.91 Å². The van der Waals surface area contributed by atoms with E-state index in [0.717, 1.165) is 22.4 Å². The number of carbonyl (C=O) groups excluding carboxylic acids is 2. The van der Waals surface area contributed by atoms with Crippen molar-refractivity contribution >= 4 is 28.9 Å². The standard InChI is InChI=1S/C22H22N2O3S/c1-14-4-7-17(8-5-14)23-20(25)11-21-24-18(13-28-21)12-27-22(26)19-9-6-15(2)10-16(19)3/h4-10,13H,11-12H2,1-3H3,(H,23,25). The van der Waals surface area contributed by atoms with Crippen molar-refractivity contribution < 1.29 is 14.3 Å². The Bertz CT molecular complexity index is 993. The van der Waals surface area contributed by atoms with Crippen molar-refractivity contribution in [3.05, 3.63) is 80.8 Å². The van der Waals surface area contributed by atoms with E-state index in [1.54, 1.807) is 6.07 Å². The molecule has 0 aliphatic heterocycles. The highest BCUT2D eigenvalue weighted by Gasteiger charge is 2.13. The minimum absolute atomic E-state index is 0.0855. The topological polar surface area (TPSA) is 68.3 Å². The van der Waals surface area contributed by atoms with Gasteiger partial charge in [-0.05, 0) is 44.5 Å². The van der Waals surface area contributed by atoms with Gasteiger partial charge in [0.05, 0.1) is 17.7 Å². The van der Waals surface area contributed by atoms with Crippen LogP contribution in [0.3, 0.4) is 0 Å². The number of amides is 1. The number of aryl methyl sites for hydroxylation is 3. The first-order chi connectivity index (χ1) is 13.4. The molecule has 3 aromatic rings. The van der Waals surface area contributed by atoms with Crippen molar-refractivity contribution in [1.29, 1.82) is 0 Å². The molecule has 0 saturated carbocycles. The van der Waals surface area contributed by atoms with E-state index in [2.05, 4.69) is 10.3 Å². The van der Waals surface area contributed by atoms with Gasteiger partial charge in [0.25, 0.3) is 0 Å². The zero-order valence-corrected chi connectivity index (χ0v) is 16.9. The Kier molecular flexibility index (Phi) is 6.21. The van der Waals surface area contributed by atoms with E-state index in [4.69, 9.17) is 4.74 Å². The number of hydrogen-bond acceptors (Lipinski definition) is 5. The predicted octanol–water partition coefficient (Wildman–Crippen LogP) is 4.61. The second kappa shape index (κ2) is 8.80. The summed E-state index contributed by atoms with van der Waals surface area (Å²) in [5.41, 5.74) is 5.08. The summed E-state index contributed by atoms with van der Waals surface area (Å²) >= 11 is 1.38. The van der Waals surface area contributed by atoms with Crippen molar-refractivity contribution in [1.82, 2.24) is 4.98 Å². The third-order valence-corrected chi connectivity index (χ3v) is 5.10. The third kappa shape index (κ3) is 5.27. The highest BCUT2D eigenvalue weighted by molar-refractivity contribution is 7.09. The number of esters is 1. The summed E-state index contributed by atoms with van der Waals surface area (Å²) in [4.78, 5) is 28.8. The molecule has 0 aliphatic carbocycles. The molecule has 0 bridgehead atoms. The molecule has 6 heteroatoms. The van der Waals surface area contributed by atoms with Gasteiger partial charge in [0.15, 0.2) is 0 Å². The summed E-state index contributed by atoms with van der Waals surface area (Å²) in [5.74, 6) is -0.499. The number of carbonyl (C=O) groups is 2. The lowest BCUT2D eigenvalue weighted by Gasteiger charge is -2.06. The van der Waals surface area contributed by atoms with E-state index >= 15 is 0 Å². The SMILES string of the molecule is Cc1ccc(NC(=O)Cc2nc(COC(=O)c3ccc(C)cc3C)cs2)cc1. The van der Waals surface area contributed by atoms with E-state index in [1.165, 1.54) is 11.3 Å².